The van der Waals surface area contributed by atoms with Crippen molar-refractivity contribution in [2.24, 2.45) is 0 Å². The van der Waals surface area contributed by atoms with Crippen LogP contribution in [0.2, 0.25) is 0 Å². The van der Waals surface area contributed by atoms with Gasteiger partial charge in [-0.1, -0.05) is 12.1 Å². The maximum Gasteiger partial charge on any atom is 0.345 e. The molecule has 4 heterocycles. The van der Waals surface area contributed by atoms with Gasteiger partial charge in [0, 0.05) is 38.8 Å². The molecular weight excluding hydrogens is 404 g/mol. The van der Waals surface area contributed by atoms with Crippen LogP contribution in [0.3, 0.4) is 0 Å². The highest BCUT2D eigenvalue weighted by Gasteiger charge is 2.42. The number of thiophene rings is 1. The first kappa shape index (κ1) is 20.2. The first-order valence-corrected chi connectivity index (χ1v) is 10.8. The van der Waals surface area contributed by atoms with Gasteiger partial charge in [0.15, 0.2) is 0 Å². The van der Waals surface area contributed by atoms with E-state index in [2.05, 4.69) is 5.32 Å². The largest absolute Gasteiger partial charge is 0.462 e. The standard InChI is InChI=1S/C21H24N4O4S/c1-3-29-21(28)16-17(14-6-4-8-22-18(14)23(2)20(16)27)24-9-11-25(12-10-24)19(26)15-7-5-13-30-15/h4-8,13,18,22H,3,9-12H2,1-2H3. The van der Waals surface area contributed by atoms with Crippen molar-refractivity contribution in [2.45, 2.75) is 13.1 Å². The molecule has 1 atom stereocenters. The number of rotatable bonds is 4. The normalized spacial score (nSPS) is 21.3. The number of nitrogens with one attached hydrogen (secondary N) is 1. The van der Waals surface area contributed by atoms with E-state index >= 15 is 0 Å². The fraction of sp³-hybridized carbons (Fsp3) is 0.381. The Morgan fingerprint density at radius 2 is 2.03 bits per heavy atom. The van der Waals surface area contributed by atoms with Gasteiger partial charge in [-0.05, 0) is 30.6 Å². The van der Waals surface area contributed by atoms with E-state index in [9.17, 15) is 14.4 Å². The monoisotopic (exact) mass is 428 g/mol. The molecule has 3 aliphatic rings. The third-order valence-corrected chi connectivity index (χ3v) is 6.30. The highest BCUT2D eigenvalue weighted by molar-refractivity contribution is 7.12. The molecular formula is C21H24N4O4S. The van der Waals surface area contributed by atoms with Gasteiger partial charge in [0.05, 0.1) is 17.2 Å². The number of hydrogen-bond donors (Lipinski definition) is 1. The summed E-state index contributed by atoms with van der Waals surface area (Å²) in [7, 11) is 1.67. The van der Waals surface area contributed by atoms with Crippen LogP contribution in [0.4, 0.5) is 0 Å². The number of likely N-dealkylation sites (N-methyl/N-ethyl adjacent to an activating group) is 1. The van der Waals surface area contributed by atoms with Crippen molar-refractivity contribution in [1.29, 1.82) is 0 Å². The lowest BCUT2D eigenvalue weighted by Crippen LogP contribution is -2.56. The van der Waals surface area contributed by atoms with Crippen molar-refractivity contribution in [1.82, 2.24) is 20.0 Å². The number of carbonyl (C=O) groups excluding carboxylic acids is 3. The van der Waals surface area contributed by atoms with Crippen LogP contribution in [-0.2, 0) is 14.3 Å². The first-order valence-electron chi connectivity index (χ1n) is 9.92. The molecule has 1 unspecified atom stereocenters. The summed E-state index contributed by atoms with van der Waals surface area (Å²) in [4.78, 5) is 44.5. The zero-order valence-electron chi connectivity index (χ0n) is 17.0. The van der Waals surface area contributed by atoms with Crippen LogP contribution in [0.5, 0.6) is 0 Å². The number of carbonyl (C=O) groups is 3. The van der Waals surface area contributed by atoms with E-state index in [1.165, 1.54) is 16.2 Å². The summed E-state index contributed by atoms with van der Waals surface area (Å²) in [6.45, 7) is 4.00. The predicted octanol–water partition coefficient (Wildman–Crippen LogP) is 1.16. The van der Waals surface area contributed by atoms with Gasteiger partial charge in [-0.15, -0.1) is 11.3 Å². The number of amides is 2. The van der Waals surface area contributed by atoms with E-state index < -0.39 is 5.97 Å². The molecule has 1 aromatic rings. The van der Waals surface area contributed by atoms with Gasteiger partial charge >= 0.3 is 5.97 Å². The van der Waals surface area contributed by atoms with E-state index in [1.807, 2.05) is 39.5 Å². The van der Waals surface area contributed by atoms with Gasteiger partial charge in [-0.3, -0.25) is 9.59 Å². The number of allylic oxidation sites excluding steroid dienone is 2. The molecule has 4 rings (SSSR count). The molecule has 0 spiro atoms. The van der Waals surface area contributed by atoms with Crippen LogP contribution in [0.25, 0.3) is 0 Å². The number of hydrogen-bond acceptors (Lipinski definition) is 7. The molecule has 158 valence electrons. The highest BCUT2D eigenvalue weighted by Crippen LogP contribution is 2.33. The van der Waals surface area contributed by atoms with Crippen molar-refractivity contribution < 1.29 is 19.1 Å². The molecule has 1 N–H and O–H groups in total. The topological polar surface area (TPSA) is 82.2 Å². The minimum atomic E-state index is -0.615. The third-order valence-electron chi connectivity index (χ3n) is 5.45. The van der Waals surface area contributed by atoms with Crippen LogP contribution < -0.4 is 5.32 Å². The molecule has 0 radical (unpaired) electrons. The van der Waals surface area contributed by atoms with Crippen LogP contribution in [0.1, 0.15) is 16.6 Å². The Morgan fingerprint density at radius 1 is 1.27 bits per heavy atom. The van der Waals surface area contributed by atoms with E-state index in [4.69, 9.17) is 4.74 Å². The van der Waals surface area contributed by atoms with Gasteiger partial charge in [0.2, 0.25) is 0 Å². The van der Waals surface area contributed by atoms with Gasteiger partial charge in [-0.2, -0.15) is 0 Å². The van der Waals surface area contributed by atoms with Gasteiger partial charge in [0.25, 0.3) is 11.8 Å². The lowest BCUT2D eigenvalue weighted by Gasteiger charge is -2.44. The molecule has 8 nitrogen and oxygen atoms in total. The van der Waals surface area contributed by atoms with E-state index in [-0.39, 0.29) is 30.2 Å². The summed E-state index contributed by atoms with van der Waals surface area (Å²) < 4.78 is 5.21. The Morgan fingerprint density at radius 3 is 2.70 bits per heavy atom. The van der Waals surface area contributed by atoms with Crippen LogP contribution in [0.15, 0.2) is 52.7 Å². The summed E-state index contributed by atoms with van der Waals surface area (Å²) in [5, 5.41) is 5.08. The minimum Gasteiger partial charge on any atom is -0.462 e. The molecule has 9 heteroatoms. The fourth-order valence-electron chi connectivity index (χ4n) is 3.96. The molecule has 1 fully saturated rings. The van der Waals surface area contributed by atoms with Gasteiger partial charge in [-0.25, -0.2) is 4.79 Å². The molecule has 0 bridgehead atoms. The van der Waals surface area contributed by atoms with Crippen molar-refractivity contribution in [3.63, 3.8) is 0 Å². The second kappa shape index (κ2) is 8.35. The Hall–Kier alpha value is -3.07. The molecule has 0 aliphatic carbocycles. The molecule has 1 saturated heterocycles. The number of nitrogens with zero attached hydrogens (tertiary/aromatic N) is 3. The SMILES string of the molecule is CCOC(=O)C1=C(N2CCN(C(=O)c3cccs3)CC2)C2=CC=CNC2N(C)C1=O. The molecule has 3 aliphatic heterocycles. The predicted molar refractivity (Wildman–Crippen MR) is 112 cm³/mol. The average molecular weight is 429 g/mol. The lowest BCUT2D eigenvalue weighted by molar-refractivity contribution is -0.143. The summed E-state index contributed by atoms with van der Waals surface area (Å²) >= 11 is 1.43. The molecule has 1 aromatic heterocycles. The van der Waals surface area contributed by atoms with Crippen LogP contribution in [0, 0.1) is 0 Å². The molecule has 0 aromatic carbocycles. The number of piperazine rings is 1. The Bertz CT molecular complexity index is 942. The minimum absolute atomic E-state index is 0.0167. The summed E-state index contributed by atoms with van der Waals surface area (Å²) in [5.74, 6) is -0.969. The smallest absolute Gasteiger partial charge is 0.345 e. The first-order chi connectivity index (χ1) is 14.5. The Kier molecular flexibility index (Phi) is 5.63. The summed E-state index contributed by atoms with van der Waals surface area (Å²) in [6, 6.07) is 3.69. The number of fused-ring (bicyclic) bond motifs is 1. The average Bonchev–Trinajstić information content (AvgIpc) is 3.31. The van der Waals surface area contributed by atoms with Crippen molar-refractivity contribution in [3.05, 3.63) is 57.6 Å². The van der Waals surface area contributed by atoms with E-state index in [0.29, 0.717) is 36.8 Å². The van der Waals surface area contributed by atoms with Gasteiger partial charge in [0.1, 0.15) is 11.7 Å². The second-order valence-corrected chi connectivity index (χ2v) is 8.11. The van der Waals surface area contributed by atoms with Crippen molar-refractivity contribution in [3.8, 4) is 0 Å². The molecule has 0 saturated carbocycles. The zero-order valence-corrected chi connectivity index (χ0v) is 17.8. The van der Waals surface area contributed by atoms with Crippen LogP contribution in [-0.4, -0.2) is 78.5 Å². The van der Waals surface area contributed by atoms with Gasteiger partial charge < -0.3 is 24.8 Å². The number of dihydropyridines is 1. The second-order valence-electron chi connectivity index (χ2n) is 7.17. The fourth-order valence-corrected chi connectivity index (χ4v) is 4.66. The molecule has 2 amide bonds. The van der Waals surface area contributed by atoms with Crippen molar-refractivity contribution >= 4 is 29.1 Å². The Balaban J connectivity index is 1.64. The third kappa shape index (κ3) is 3.49. The summed E-state index contributed by atoms with van der Waals surface area (Å²) in [5.41, 5.74) is 1.50. The quantitative estimate of drug-likeness (QED) is 0.573. The van der Waals surface area contributed by atoms with Crippen molar-refractivity contribution in [2.75, 3.05) is 39.8 Å². The van der Waals surface area contributed by atoms with Crippen LogP contribution >= 0.6 is 11.3 Å². The maximum absolute atomic E-state index is 13.1. The van der Waals surface area contributed by atoms with E-state index in [0.717, 1.165) is 5.57 Å². The molecule has 30 heavy (non-hydrogen) atoms. The van der Waals surface area contributed by atoms with E-state index in [1.54, 1.807) is 20.2 Å². The number of ether oxygens (including phenoxy) is 1. The Labute approximate surface area is 179 Å². The summed E-state index contributed by atoms with van der Waals surface area (Å²) in [6.07, 6.45) is 5.21. The highest BCUT2D eigenvalue weighted by atomic mass is 32.1. The number of esters is 1. The maximum atomic E-state index is 13.1. The lowest BCUT2D eigenvalue weighted by atomic mass is 9.94. The zero-order chi connectivity index (χ0) is 21.3.